The lowest BCUT2D eigenvalue weighted by atomic mass is 11.9. The van der Waals surface area contributed by atoms with Gasteiger partial charge in [0.15, 0.2) is 0 Å². The number of rotatable bonds is 4. The van der Waals surface area contributed by atoms with E-state index in [0.717, 1.165) is 0 Å². The van der Waals surface area contributed by atoms with Crippen molar-refractivity contribution in [1.82, 2.24) is 0 Å². The van der Waals surface area contributed by atoms with Crippen LogP contribution < -0.4 is 0 Å². The average molecular weight is 653 g/mol. The maximum Gasteiger partial charge on any atom is 0.470 e. The summed E-state index contributed by atoms with van der Waals surface area (Å²) >= 11 is 0. The standard InChI is InChI=1S/C16H48O10Si9/c1-27(2)17-29(5,6)21-34(15,22-30(7,8)18-27)25-33(13,14)26-35(16)23-31(9,10)19-28(3,4)20-32(11,12)24-35/h1-16H3. The fourth-order valence-corrected chi connectivity index (χ4v) is 52.7. The highest BCUT2D eigenvalue weighted by atomic mass is 28.6. The second-order valence-corrected chi connectivity index (χ2v) is 43.8. The summed E-state index contributed by atoms with van der Waals surface area (Å²) in [5.74, 6) is 0. The Balaban J connectivity index is 2.33. The molecule has 0 bridgehead atoms. The Hall–Kier alpha value is 1.55. The van der Waals surface area contributed by atoms with Crippen molar-refractivity contribution in [2.24, 2.45) is 0 Å². The minimum Gasteiger partial charge on any atom is -0.416 e. The Morgan fingerprint density at radius 3 is 0.714 bits per heavy atom. The van der Waals surface area contributed by atoms with Crippen LogP contribution in [0.1, 0.15) is 0 Å². The third-order valence-electron chi connectivity index (χ3n) is 4.55. The van der Waals surface area contributed by atoms with Crippen LogP contribution in [0.25, 0.3) is 0 Å². The molecule has 2 fully saturated rings. The zero-order valence-corrected chi connectivity index (χ0v) is 33.6. The van der Waals surface area contributed by atoms with Gasteiger partial charge in [-0.2, -0.15) is 0 Å². The molecule has 2 aliphatic heterocycles. The molecule has 19 heteroatoms. The van der Waals surface area contributed by atoms with Gasteiger partial charge in [0.1, 0.15) is 0 Å². The summed E-state index contributed by atoms with van der Waals surface area (Å²) in [6, 6.07) is 0. The first-order valence-corrected chi connectivity index (χ1v) is 36.2. The molecule has 0 amide bonds. The second kappa shape index (κ2) is 9.88. The van der Waals surface area contributed by atoms with Gasteiger partial charge in [0.05, 0.1) is 0 Å². The second-order valence-electron chi connectivity index (χ2n) is 12.5. The van der Waals surface area contributed by atoms with Gasteiger partial charge in [-0.25, -0.2) is 0 Å². The van der Waals surface area contributed by atoms with Gasteiger partial charge in [-0.3, -0.25) is 0 Å². The zero-order chi connectivity index (χ0) is 27.6. The van der Waals surface area contributed by atoms with Gasteiger partial charge in [-0.1, -0.05) is 0 Å². The maximum atomic E-state index is 6.73. The largest absolute Gasteiger partial charge is 0.470 e. The van der Waals surface area contributed by atoms with Crippen molar-refractivity contribution in [3.63, 3.8) is 0 Å². The van der Waals surface area contributed by atoms with Gasteiger partial charge in [0.25, 0.3) is 0 Å². The molecule has 0 aromatic heterocycles. The highest BCUT2D eigenvalue weighted by molar-refractivity contribution is 6.96. The molecule has 0 aromatic carbocycles. The fourth-order valence-electron chi connectivity index (χ4n) is 5.32. The van der Waals surface area contributed by atoms with Crippen LogP contribution in [-0.2, 0) is 41.2 Å². The molecule has 0 saturated carbocycles. The van der Waals surface area contributed by atoms with Gasteiger partial charge in [0.2, 0.25) is 0 Å². The summed E-state index contributed by atoms with van der Waals surface area (Å²) in [7, 11) is -24.5. The molecule has 2 rings (SSSR count). The van der Waals surface area contributed by atoms with Crippen molar-refractivity contribution in [2.45, 2.75) is 105 Å². The van der Waals surface area contributed by atoms with Crippen LogP contribution in [-0.4, -0.2) is 77.5 Å². The molecule has 208 valence electrons. The molecule has 2 saturated heterocycles. The Bertz CT molecular complexity index is 684. The fraction of sp³-hybridized carbons (Fsp3) is 1.00. The van der Waals surface area contributed by atoms with Crippen molar-refractivity contribution in [3.8, 4) is 0 Å². The molecule has 0 atom stereocenters. The lowest BCUT2D eigenvalue weighted by Gasteiger charge is -2.50. The van der Waals surface area contributed by atoms with E-state index in [0.29, 0.717) is 0 Å². The Morgan fingerprint density at radius 1 is 0.343 bits per heavy atom. The first-order valence-electron chi connectivity index (χ1n) is 12.1. The van der Waals surface area contributed by atoms with Gasteiger partial charge in [-0.05, 0) is 91.7 Å². The molecule has 0 aliphatic carbocycles. The van der Waals surface area contributed by atoms with Crippen LogP contribution in [0.3, 0.4) is 0 Å². The highest BCUT2D eigenvalue weighted by Gasteiger charge is 2.60. The van der Waals surface area contributed by atoms with Gasteiger partial charge in [0, 0.05) is 13.1 Å². The van der Waals surface area contributed by atoms with E-state index in [1.54, 1.807) is 0 Å². The zero-order valence-electron chi connectivity index (χ0n) is 24.6. The molecule has 0 aromatic rings. The molecular weight excluding hydrogens is 605 g/mol. The van der Waals surface area contributed by atoms with Crippen LogP contribution in [0.2, 0.25) is 105 Å². The molecule has 0 unspecified atom stereocenters. The number of hydrogen-bond acceptors (Lipinski definition) is 10. The van der Waals surface area contributed by atoms with Crippen molar-refractivity contribution in [2.75, 3.05) is 0 Å². The van der Waals surface area contributed by atoms with E-state index in [2.05, 4.69) is 0 Å². The summed E-state index contributed by atoms with van der Waals surface area (Å²) in [4.78, 5) is 0. The average Bonchev–Trinajstić information content (AvgIpc) is 2.30. The quantitative estimate of drug-likeness (QED) is 0.376. The third-order valence-corrected chi connectivity index (χ3v) is 41.0. The predicted octanol–water partition coefficient (Wildman–Crippen LogP) is 5.23. The van der Waals surface area contributed by atoms with E-state index in [4.69, 9.17) is 41.2 Å². The van der Waals surface area contributed by atoms with Crippen molar-refractivity contribution >= 4 is 77.5 Å². The topological polar surface area (TPSA) is 92.3 Å². The van der Waals surface area contributed by atoms with Crippen molar-refractivity contribution in [1.29, 1.82) is 0 Å². The molecule has 35 heavy (non-hydrogen) atoms. The summed E-state index contributed by atoms with van der Waals surface area (Å²) in [6.45, 7) is 32.0. The molecule has 2 heterocycles. The summed E-state index contributed by atoms with van der Waals surface area (Å²) < 4.78 is 65.7. The summed E-state index contributed by atoms with van der Waals surface area (Å²) in [5.41, 5.74) is 0. The lowest BCUT2D eigenvalue weighted by Crippen LogP contribution is -2.70. The molecule has 2 aliphatic rings. The molecule has 10 nitrogen and oxygen atoms in total. The van der Waals surface area contributed by atoms with Crippen molar-refractivity contribution < 1.29 is 41.2 Å². The monoisotopic (exact) mass is 652 g/mol. The summed E-state index contributed by atoms with van der Waals surface area (Å²) in [5, 5.41) is 0. The molecule has 0 spiro atoms. The minimum atomic E-state index is -3.21. The third kappa shape index (κ3) is 10.6. The molecular formula is C16H48O10Si9. The van der Waals surface area contributed by atoms with Crippen LogP contribution in [0.5, 0.6) is 0 Å². The highest BCUT2D eigenvalue weighted by Crippen LogP contribution is 2.36. The maximum absolute atomic E-state index is 6.73. The Kier molecular flexibility index (Phi) is 9.25. The summed E-state index contributed by atoms with van der Waals surface area (Å²) in [6.07, 6.45) is 0. The van der Waals surface area contributed by atoms with E-state index in [9.17, 15) is 0 Å². The molecule has 0 N–H and O–H groups in total. The van der Waals surface area contributed by atoms with Crippen LogP contribution in [0.4, 0.5) is 0 Å². The van der Waals surface area contributed by atoms with E-state index in [1.165, 1.54) is 0 Å². The van der Waals surface area contributed by atoms with Crippen LogP contribution in [0.15, 0.2) is 0 Å². The van der Waals surface area contributed by atoms with Crippen LogP contribution >= 0.6 is 0 Å². The Morgan fingerprint density at radius 2 is 0.514 bits per heavy atom. The van der Waals surface area contributed by atoms with E-state index < -0.39 is 77.5 Å². The van der Waals surface area contributed by atoms with Gasteiger partial charge >= 0.3 is 77.5 Å². The Labute approximate surface area is 222 Å². The van der Waals surface area contributed by atoms with Crippen molar-refractivity contribution in [3.05, 3.63) is 0 Å². The van der Waals surface area contributed by atoms with Crippen LogP contribution in [0, 0.1) is 0 Å². The first-order chi connectivity index (χ1) is 15.1. The van der Waals surface area contributed by atoms with Gasteiger partial charge < -0.3 is 41.2 Å². The van der Waals surface area contributed by atoms with E-state index >= 15 is 0 Å². The first kappa shape index (κ1) is 32.8. The van der Waals surface area contributed by atoms with E-state index in [-0.39, 0.29) is 0 Å². The van der Waals surface area contributed by atoms with Gasteiger partial charge in [-0.15, -0.1) is 0 Å². The predicted molar refractivity (Wildman–Crippen MR) is 156 cm³/mol. The molecule has 0 radical (unpaired) electrons. The number of hydrogen-bond donors (Lipinski definition) is 0. The smallest absolute Gasteiger partial charge is 0.416 e. The minimum absolute atomic E-state index is 1.92. The van der Waals surface area contributed by atoms with E-state index in [1.807, 2.05) is 105 Å². The SMILES string of the molecule is C[Si]1(C)O[Si](C)(C)O[Si](C)(O[Si](C)(C)O[Si]2(C)O[Si](C)(C)O[Si](C)(C)O[Si](C)(C)O2)O[Si](C)(C)O1. The normalized spacial score (nSPS) is 30.9. The lowest BCUT2D eigenvalue weighted by molar-refractivity contribution is 0.149.